The van der Waals surface area contributed by atoms with E-state index in [1.165, 1.54) is 17.2 Å². The zero-order valence-corrected chi connectivity index (χ0v) is 13.0. The normalized spacial score (nSPS) is 12.4. The molecule has 0 aliphatic heterocycles. The lowest BCUT2D eigenvalue weighted by atomic mass is 9.92. The molecule has 2 aromatic rings. The van der Waals surface area contributed by atoms with Crippen LogP contribution in [0.25, 0.3) is 0 Å². The van der Waals surface area contributed by atoms with Crippen LogP contribution in [0.3, 0.4) is 0 Å². The Bertz CT molecular complexity index is 551. The second-order valence-electron chi connectivity index (χ2n) is 4.68. The van der Waals surface area contributed by atoms with E-state index in [0.29, 0.717) is 5.92 Å². The van der Waals surface area contributed by atoms with Crippen molar-refractivity contribution in [2.45, 2.75) is 19.3 Å². The van der Waals surface area contributed by atoms with Crippen LogP contribution in [0.2, 0.25) is 5.02 Å². The lowest BCUT2D eigenvalue weighted by Gasteiger charge is -2.16. The highest BCUT2D eigenvalue weighted by atomic mass is 79.9. The molecule has 0 spiro atoms. The van der Waals surface area contributed by atoms with Crippen LogP contribution in [0.1, 0.15) is 22.6 Å². The van der Waals surface area contributed by atoms with Gasteiger partial charge in [-0.25, -0.2) is 4.39 Å². The van der Waals surface area contributed by atoms with E-state index in [0.717, 1.165) is 22.3 Å². The maximum atomic E-state index is 13.1. The lowest BCUT2D eigenvalue weighted by Crippen LogP contribution is -2.05. The van der Waals surface area contributed by atoms with Gasteiger partial charge in [-0.15, -0.1) is 0 Å². The fraction of sp³-hybridized carbons (Fsp3) is 0.250. The molecule has 100 valence electrons. The average Bonchev–Trinajstić information content (AvgIpc) is 2.39. The van der Waals surface area contributed by atoms with E-state index in [2.05, 4.69) is 15.9 Å². The summed E-state index contributed by atoms with van der Waals surface area (Å²) in [5.41, 5.74) is 3.42. The molecule has 0 radical (unpaired) electrons. The molecule has 3 heteroatoms. The first kappa shape index (κ1) is 14.5. The van der Waals surface area contributed by atoms with Gasteiger partial charge in [0.1, 0.15) is 5.82 Å². The van der Waals surface area contributed by atoms with Crippen LogP contribution in [-0.4, -0.2) is 5.33 Å². The number of rotatable bonds is 4. The van der Waals surface area contributed by atoms with Crippen molar-refractivity contribution in [1.29, 1.82) is 0 Å². The van der Waals surface area contributed by atoms with Crippen LogP contribution in [0.15, 0.2) is 42.5 Å². The second kappa shape index (κ2) is 6.53. The van der Waals surface area contributed by atoms with E-state index < -0.39 is 0 Å². The van der Waals surface area contributed by atoms with Gasteiger partial charge in [-0.1, -0.05) is 45.7 Å². The topological polar surface area (TPSA) is 0 Å². The molecule has 0 aromatic heterocycles. The molecule has 0 bridgehead atoms. The third-order valence-corrected chi connectivity index (χ3v) is 4.33. The molecule has 0 nitrogen and oxygen atoms in total. The number of hydrogen-bond donors (Lipinski definition) is 0. The minimum absolute atomic E-state index is 0.178. The van der Waals surface area contributed by atoms with E-state index >= 15 is 0 Å². The quantitative estimate of drug-likeness (QED) is 0.643. The molecule has 19 heavy (non-hydrogen) atoms. The second-order valence-corrected chi connectivity index (χ2v) is 5.76. The lowest BCUT2D eigenvalue weighted by molar-refractivity contribution is 0.624. The third-order valence-electron chi connectivity index (χ3n) is 3.30. The maximum absolute atomic E-state index is 13.1. The molecular weight excluding hydrogens is 327 g/mol. The van der Waals surface area contributed by atoms with Crippen molar-refractivity contribution in [1.82, 2.24) is 0 Å². The number of benzene rings is 2. The SMILES string of the molecule is Cc1cc(F)ccc1CC(CBr)c1ccc(Cl)cc1. The Morgan fingerprint density at radius 1 is 1.16 bits per heavy atom. The van der Waals surface area contributed by atoms with E-state index in [9.17, 15) is 4.39 Å². The number of alkyl halides is 1. The molecule has 2 aromatic carbocycles. The van der Waals surface area contributed by atoms with Crippen molar-refractivity contribution in [3.8, 4) is 0 Å². The first-order valence-electron chi connectivity index (χ1n) is 6.16. The highest BCUT2D eigenvalue weighted by Gasteiger charge is 2.12. The van der Waals surface area contributed by atoms with Crippen molar-refractivity contribution >= 4 is 27.5 Å². The van der Waals surface area contributed by atoms with Crippen molar-refractivity contribution in [3.63, 3.8) is 0 Å². The molecule has 0 saturated carbocycles. The Morgan fingerprint density at radius 2 is 1.84 bits per heavy atom. The Kier molecular flexibility index (Phi) is 5.00. The predicted molar refractivity (Wildman–Crippen MR) is 82.8 cm³/mol. The summed E-state index contributed by atoms with van der Waals surface area (Å²) in [5, 5.41) is 1.61. The van der Waals surface area contributed by atoms with Crippen molar-refractivity contribution in [2.75, 3.05) is 5.33 Å². The Morgan fingerprint density at radius 3 is 2.42 bits per heavy atom. The zero-order chi connectivity index (χ0) is 13.8. The Labute approximate surface area is 126 Å². The molecule has 0 aliphatic carbocycles. The fourth-order valence-electron chi connectivity index (χ4n) is 2.15. The molecular formula is C16H15BrClF. The summed E-state index contributed by atoms with van der Waals surface area (Å²) < 4.78 is 13.1. The largest absolute Gasteiger partial charge is 0.207 e. The van der Waals surface area contributed by atoms with Gasteiger partial charge in [0.15, 0.2) is 0 Å². The summed E-state index contributed by atoms with van der Waals surface area (Å²) in [6.07, 6.45) is 0.888. The first-order valence-corrected chi connectivity index (χ1v) is 7.66. The summed E-state index contributed by atoms with van der Waals surface area (Å²) in [4.78, 5) is 0. The van der Waals surface area contributed by atoms with Gasteiger partial charge in [0.25, 0.3) is 0 Å². The molecule has 0 aliphatic rings. The minimum atomic E-state index is -0.178. The molecule has 0 heterocycles. The average molecular weight is 342 g/mol. The van der Waals surface area contributed by atoms with Gasteiger partial charge < -0.3 is 0 Å². The van der Waals surface area contributed by atoms with Crippen LogP contribution in [0, 0.1) is 12.7 Å². The smallest absolute Gasteiger partial charge is 0.123 e. The van der Waals surface area contributed by atoms with Crippen LogP contribution in [0.5, 0.6) is 0 Å². The minimum Gasteiger partial charge on any atom is -0.207 e. The van der Waals surface area contributed by atoms with Crippen molar-refractivity contribution in [2.24, 2.45) is 0 Å². The van der Waals surface area contributed by atoms with Gasteiger partial charge in [0, 0.05) is 10.4 Å². The number of halogens is 3. The van der Waals surface area contributed by atoms with Crippen molar-refractivity contribution in [3.05, 3.63) is 70.0 Å². The summed E-state index contributed by atoms with van der Waals surface area (Å²) in [7, 11) is 0. The zero-order valence-electron chi connectivity index (χ0n) is 10.7. The summed E-state index contributed by atoms with van der Waals surface area (Å²) in [5.74, 6) is 0.185. The fourth-order valence-corrected chi connectivity index (χ4v) is 2.88. The highest BCUT2D eigenvalue weighted by Crippen LogP contribution is 2.26. The molecule has 2 rings (SSSR count). The molecule has 1 atom stereocenters. The summed E-state index contributed by atoms with van der Waals surface area (Å²) >= 11 is 9.47. The standard InChI is InChI=1S/C16H15BrClF/c1-11-8-16(19)7-4-13(11)9-14(10-17)12-2-5-15(18)6-3-12/h2-8,14H,9-10H2,1H3. The van der Waals surface area contributed by atoms with Gasteiger partial charge in [0.2, 0.25) is 0 Å². The van der Waals surface area contributed by atoms with E-state index in [1.54, 1.807) is 6.07 Å². The van der Waals surface area contributed by atoms with Gasteiger partial charge in [0.05, 0.1) is 0 Å². The highest BCUT2D eigenvalue weighted by molar-refractivity contribution is 9.09. The van der Waals surface area contributed by atoms with E-state index in [4.69, 9.17) is 11.6 Å². The van der Waals surface area contributed by atoms with Crippen LogP contribution >= 0.6 is 27.5 Å². The van der Waals surface area contributed by atoms with Crippen LogP contribution in [0.4, 0.5) is 4.39 Å². The van der Waals surface area contributed by atoms with Gasteiger partial charge in [-0.2, -0.15) is 0 Å². The monoisotopic (exact) mass is 340 g/mol. The summed E-state index contributed by atoms with van der Waals surface area (Å²) in [6, 6.07) is 12.9. The summed E-state index contributed by atoms with van der Waals surface area (Å²) in [6.45, 7) is 1.95. The molecule has 1 unspecified atom stereocenters. The van der Waals surface area contributed by atoms with Gasteiger partial charge >= 0.3 is 0 Å². The Balaban J connectivity index is 2.21. The number of hydrogen-bond acceptors (Lipinski definition) is 0. The maximum Gasteiger partial charge on any atom is 0.123 e. The molecule has 0 fully saturated rings. The first-order chi connectivity index (χ1) is 9.10. The van der Waals surface area contributed by atoms with E-state index in [-0.39, 0.29) is 5.82 Å². The van der Waals surface area contributed by atoms with Gasteiger partial charge in [-0.05, 0) is 60.2 Å². The van der Waals surface area contributed by atoms with Crippen molar-refractivity contribution < 1.29 is 4.39 Å². The van der Waals surface area contributed by atoms with E-state index in [1.807, 2.05) is 37.3 Å². The molecule has 0 N–H and O–H groups in total. The van der Waals surface area contributed by atoms with Crippen LogP contribution < -0.4 is 0 Å². The van der Waals surface area contributed by atoms with Crippen LogP contribution in [-0.2, 0) is 6.42 Å². The molecule has 0 saturated heterocycles. The number of aryl methyl sites for hydroxylation is 1. The predicted octanol–water partition coefficient (Wildman–Crippen LogP) is 5.51. The van der Waals surface area contributed by atoms with Gasteiger partial charge in [-0.3, -0.25) is 0 Å². The third kappa shape index (κ3) is 3.80. The molecule has 0 amide bonds. The Hall–Kier alpha value is -0.860.